The van der Waals surface area contributed by atoms with E-state index in [1.165, 1.54) is 212 Å². The van der Waals surface area contributed by atoms with Crippen molar-refractivity contribution in [2.75, 3.05) is 40.9 Å². The molecule has 0 aliphatic rings. The van der Waals surface area contributed by atoms with E-state index in [2.05, 4.69) is 19.2 Å². The molecule has 0 aromatic rings. The molecule has 8 nitrogen and oxygen atoms in total. The van der Waals surface area contributed by atoms with E-state index in [1.807, 2.05) is 21.1 Å². The van der Waals surface area contributed by atoms with Gasteiger partial charge < -0.3 is 19.8 Å². The number of phosphoric acid groups is 1. The van der Waals surface area contributed by atoms with Gasteiger partial charge in [-0.2, -0.15) is 0 Å². The average molecular weight is 888 g/mol. The molecule has 0 radical (unpaired) electrons. The minimum Gasteiger partial charge on any atom is -0.391 e. The van der Waals surface area contributed by atoms with Crippen LogP contribution in [0.15, 0.2) is 0 Å². The summed E-state index contributed by atoms with van der Waals surface area (Å²) in [4.78, 5) is 23.2. The monoisotopic (exact) mass is 888 g/mol. The molecule has 0 bridgehead atoms. The van der Waals surface area contributed by atoms with Crippen LogP contribution in [-0.2, 0) is 18.4 Å². The molecule has 0 aliphatic carbocycles. The fourth-order valence-corrected chi connectivity index (χ4v) is 9.08. The van der Waals surface area contributed by atoms with Gasteiger partial charge >= 0.3 is 7.82 Å². The number of likely N-dealkylation sites (N-methyl/N-ethyl adjacent to an activating group) is 1. The highest BCUT2D eigenvalue weighted by Crippen LogP contribution is 2.43. The van der Waals surface area contributed by atoms with Crippen LogP contribution < -0.4 is 5.32 Å². The van der Waals surface area contributed by atoms with E-state index < -0.39 is 20.0 Å². The second-order valence-electron chi connectivity index (χ2n) is 20.0. The number of carbonyl (C=O) groups excluding carboxylic acids is 1. The number of quaternary nitrogens is 1. The Hall–Kier alpha value is -0.500. The summed E-state index contributed by atoms with van der Waals surface area (Å²) in [6.07, 6.45) is 51.6. The van der Waals surface area contributed by atoms with Gasteiger partial charge in [0, 0.05) is 6.42 Å². The maximum Gasteiger partial charge on any atom is 0.472 e. The minimum absolute atomic E-state index is 0.0787. The van der Waals surface area contributed by atoms with E-state index in [0.717, 1.165) is 38.5 Å². The smallest absolute Gasteiger partial charge is 0.391 e. The zero-order valence-electron chi connectivity index (χ0n) is 41.7. The van der Waals surface area contributed by atoms with Crippen molar-refractivity contribution >= 4 is 13.7 Å². The Labute approximate surface area is 380 Å². The lowest BCUT2D eigenvalue weighted by Crippen LogP contribution is -2.46. The highest BCUT2D eigenvalue weighted by molar-refractivity contribution is 7.47. The molecule has 3 atom stereocenters. The third-order valence-electron chi connectivity index (χ3n) is 12.6. The summed E-state index contributed by atoms with van der Waals surface area (Å²) in [6, 6.07) is -0.753. The van der Waals surface area contributed by atoms with Gasteiger partial charge in [-0.3, -0.25) is 13.8 Å². The lowest BCUT2D eigenvalue weighted by molar-refractivity contribution is -0.870. The fourth-order valence-electron chi connectivity index (χ4n) is 8.34. The zero-order valence-corrected chi connectivity index (χ0v) is 42.6. The van der Waals surface area contributed by atoms with Crippen LogP contribution in [0.5, 0.6) is 0 Å². The van der Waals surface area contributed by atoms with Crippen molar-refractivity contribution in [1.29, 1.82) is 0 Å². The Balaban J connectivity index is 4.03. The number of carbonyl (C=O) groups is 1. The Morgan fingerprint density at radius 3 is 1.10 bits per heavy atom. The van der Waals surface area contributed by atoms with Crippen molar-refractivity contribution in [3.63, 3.8) is 0 Å². The molecule has 9 heteroatoms. The summed E-state index contributed by atoms with van der Waals surface area (Å²) >= 11 is 0. The van der Waals surface area contributed by atoms with Crippen LogP contribution in [0.1, 0.15) is 277 Å². The fraction of sp³-hybridized carbons (Fsp3) is 0.981. The van der Waals surface area contributed by atoms with Gasteiger partial charge in [-0.15, -0.1) is 0 Å². The largest absolute Gasteiger partial charge is 0.472 e. The number of hydrogen-bond donors (Lipinski definition) is 3. The second kappa shape index (κ2) is 44.7. The summed E-state index contributed by atoms with van der Waals surface area (Å²) in [5.41, 5.74) is 0. The number of nitrogens with one attached hydrogen (secondary N) is 1. The van der Waals surface area contributed by atoms with Crippen LogP contribution in [0.4, 0.5) is 0 Å². The quantitative estimate of drug-likeness (QED) is 0.0319. The summed E-state index contributed by atoms with van der Waals surface area (Å²) < 4.78 is 23.7. The van der Waals surface area contributed by atoms with Gasteiger partial charge in [0.25, 0.3) is 0 Å². The minimum atomic E-state index is -4.31. The van der Waals surface area contributed by atoms with E-state index in [1.54, 1.807) is 0 Å². The standard InChI is InChI=1S/C52H107N2O6P/c1-6-8-10-12-14-16-18-20-21-22-23-24-25-26-27-28-29-30-31-32-33-34-36-38-40-42-44-46-52(56)53-50(49-60-61(57,58)59-48-47-54(3,4)5)51(55)45-43-41-39-37-35-19-17-15-13-11-9-7-2/h50-51,55H,6-49H2,1-5H3,(H-,53,56,57,58)/p+1/t50-,51+/m0/s1. The van der Waals surface area contributed by atoms with Crippen molar-refractivity contribution in [3.05, 3.63) is 0 Å². The van der Waals surface area contributed by atoms with Crippen LogP contribution in [0.2, 0.25) is 0 Å². The summed E-state index contributed by atoms with van der Waals surface area (Å²) in [7, 11) is 1.63. The molecule has 0 fully saturated rings. The molecule has 3 N–H and O–H groups in total. The highest BCUT2D eigenvalue weighted by Gasteiger charge is 2.28. The van der Waals surface area contributed by atoms with E-state index in [9.17, 15) is 19.4 Å². The van der Waals surface area contributed by atoms with E-state index in [0.29, 0.717) is 23.9 Å². The molecule has 0 aromatic carbocycles. The normalized spacial score (nSPS) is 14.0. The van der Waals surface area contributed by atoms with Gasteiger partial charge in [-0.25, -0.2) is 4.57 Å². The first-order valence-corrected chi connectivity index (χ1v) is 28.4. The Bertz CT molecular complexity index is 963. The van der Waals surface area contributed by atoms with Gasteiger partial charge in [0.2, 0.25) is 5.91 Å². The molecule has 0 saturated heterocycles. The van der Waals surface area contributed by atoms with Crippen molar-refractivity contribution in [2.24, 2.45) is 0 Å². The number of aliphatic hydroxyl groups excluding tert-OH is 1. The molecule has 0 spiro atoms. The Morgan fingerprint density at radius 2 is 0.787 bits per heavy atom. The van der Waals surface area contributed by atoms with Crippen molar-refractivity contribution in [2.45, 2.75) is 289 Å². The number of phosphoric ester groups is 1. The summed E-state index contributed by atoms with van der Waals surface area (Å²) in [5, 5.41) is 14.0. The van der Waals surface area contributed by atoms with E-state index in [4.69, 9.17) is 9.05 Å². The van der Waals surface area contributed by atoms with Gasteiger partial charge in [0.05, 0.1) is 39.9 Å². The van der Waals surface area contributed by atoms with Crippen LogP contribution in [0.3, 0.4) is 0 Å². The Kier molecular flexibility index (Phi) is 44.3. The van der Waals surface area contributed by atoms with Crippen LogP contribution in [-0.4, -0.2) is 73.4 Å². The first kappa shape index (κ1) is 60.5. The van der Waals surface area contributed by atoms with Crippen molar-refractivity contribution < 1.29 is 32.9 Å². The maximum absolute atomic E-state index is 12.9. The van der Waals surface area contributed by atoms with Gasteiger partial charge in [-0.1, -0.05) is 258 Å². The molecule has 0 aromatic heterocycles. The molecule has 366 valence electrons. The molecular formula is C52H108N2O6P+. The van der Waals surface area contributed by atoms with Crippen LogP contribution in [0, 0.1) is 0 Å². The highest BCUT2D eigenvalue weighted by atomic mass is 31.2. The van der Waals surface area contributed by atoms with Crippen molar-refractivity contribution in [3.8, 4) is 0 Å². The molecule has 1 unspecified atom stereocenters. The number of amides is 1. The average Bonchev–Trinajstić information content (AvgIpc) is 3.21. The van der Waals surface area contributed by atoms with Crippen LogP contribution in [0.25, 0.3) is 0 Å². The van der Waals surface area contributed by atoms with Gasteiger partial charge in [0.15, 0.2) is 0 Å². The van der Waals surface area contributed by atoms with Gasteiger partial charge in [0.1, 0.15) is 13.2 Å². The first-order valence-electron chi connectivity index (χ1n) is 26.9. The predicted octanol–water partition coefficient (Wildman–Crippen LogP) is 15.7. The van der Waals surface area contributed by atoms with Crippen molar-refractivity contribution in [1.82, 2.24) is 5.32 Å². The summed E-state index contributed by atoms with van der Waals surface area (Å²) in [5.74, 6) is -0.138. The van der Waals surface area contributed by atoms with E-state index >= 15 is 0 Å². The third kappa shape index (κ3) is 47.3. The molecule has 0 heterocycles. The van der Waals surface area contributed by atoms with Crippen LogP contribution >= 0.6 is 7.82 Å². The molecule has 0 aliphatic heterocycles. The second-order valence-corrected chi connectivity index (χ2v) is 21.4. The summed E-state index contributed by atoms with van der Waals surface area (Å²) in [6.45, 7) is 4.92. The van der Waals surface area contributed by atoms with E-state index in [-0.39, 0.29) is 19.1 Å². The third-order valence-corrected chi connectivity index (χ3v) is 13.6. The molecule has 61 heavy (non-hydrogen) atoms. The first-order chi connectivity index (χ1) is 29.5. The number of hydrogen-bond acceptors (Lipinski definition) is 5. The lowest BCUT2D eigenvalue weighted by Gasteiger charge is -2.26. The number of rotatable bonds is 50. The zero-order chi connectivity index (χ0) is 45.0. The molecule has 0 saturated carbocycles. The molecular weight excluding hydrogens is 780 g/mol. The number of nitrogens with zero attached hydrogens (tertiary/aromatic N) is 1. The lowest BCUT2D eigenvalue weighted by atomic mass is 10.0. The SMILES string of the molecule is CCCCCCCCCCCCCCCCCCCCCCCCCCCCCC(=O)N[C@@H](COP(=O)(O)OCC[N+](C)(C)C)[C@H](O)CCCCCCCCCCCCCC. The maximum atomic E-state index is 12.9. The predicted molar refractivity (Wildman–Crippen MR) is 263 cm³/mol. The topological polar surface area (TPSA) is 105 Å². The number of unbranched alkanes of at least 4 members (excludes halogenated alkanes) is 37. The molecule has 1 amide bonds. The molecule has 0 rings (SSSR count). The van der Waals surface area contributed by atoms with Gasteiger partial charge in [-0.05, 0) is 12.8 Å². The Morgan fingerprint density at radius 1 is 0.492 bits per heavy atom. The number of aliphatic hydroxyl groups is 1.